The summed E-state index contributed by atoms with van der Waals surface area (Å²) in [7, 11) is 3.99. The Morgan fingerprint density at radius 2 is 1.89 bits per heavy atom. The van der Waals surface area contributed by atoms with Crippen LogP contribution in [0.3, 0.4) is 0 Å². The summed E-state index contributed by atoms with van der Waals surface area (Å²) in [6.07, 6.45) is 0. The minimum absolute atomic E-state index is 0.714. The fraction of sp³-hybridized carbons (Fsp3) is 0.188. The van der Waals surface area contributed by atoms with Crippen LogP contribution in [0.4, 0.5) is 11.4 Å². The van der Waals surface area contributed by atoms with Gasteiger partial charge in [0, 0.05) is 45.4 Å². The largest absolute Gasteiger partial charge is 0.439 e. The summed E-state index contributed by atoms with van der Waals surface area (Å²) in [6.45, 7) is 7.88. The van der Waals surface area contributed by atoms with Gasteiger partial charge in [-0.2, -0.15) is 0 Å². The van der Waals surface area contributed by atoms with E-state index in [2.05, 4.69) is 4.99 Å². The Balaban J connectivity index is 2.19. The van der Waals surface area contributed by atoms with Crippen molar-refractivity contribution in [1.82, 2.24) is 0 Å². The fourth-order valence-corrected chi connectivity index (χ4v) is 2.06. The molecule has 0 amide bonds. The van der Waals surface area contributed by atoms with Gasteiger partial charge in [0.1, 0.15) is 17.1 Å². The third kappa shape index (κ3) is 1.94. The number of benzene rings is 2. The second-order valence-corrected chi connectivity index (χ2v) is 4.94. The maximum Gasteiger partial charge on any atom is 0.211 e. The molecule has 1 aliphatic heterocycles. The molecule has 19 heavy (non-hydrogen) atoms. The zero-order valence-corrected chi connectivity index (χ0v) is 11.3. The van der Waals surface area contributed by atoms with Crippen LogP contribution in [0.1, 0.15) is 5.56 Å². The Kier molecular flexibility index (Phi) is 2.51. The van der Waals surface area contributed by atoms with Crippen molar-refractivity contribution in [2.24, 2.45) is 4.99 Å². The van der Waals surface area contributed by atoms with Crippen molar-refractivity contribution in [3.05, 3.63) is 46.5 Å². The smallest absolute Gasteiger partial charge is 0.211 e. The number of fused-ring (bicyclic) bond motifs is 2. The molecule has 2 aromatic carbocycles. The number of hydrogen-bond donors (Lipinski definition) is 0. The molecule has 0 saturated carbocycles. The molecule has 0 fully saturated rings. The average Bonchev–Trinajstić information content (AvgIpc) is 2.37. The van der Waals surface area contributed by atoms with E-state index in [0.717, 1.165) is 33.3 Å². The highest BCUT2D eigenvalue weighted by molar-refractivity contribution is 5.63. The SMILES string of the molecule is [CH+]=c1cc2c(cc1C)=Nc1ccc(N(C)C)cc1O2. The van der Waals surface area contributed by atoms with Gasteiger partial charge in [0.05, 0.1) is 5.56 Å². The molecule has 0 aliphatic carbocycles. The van der Waals surface area contributed by atoms with Crippen LogP contribution in [0.5, 0.6) is 11.5 Å². The molecule has 94 valence electrons. The normalized spacial score (nSPS) is 11.9. The molecule has 0 bridgehead atoms. The van der Waals surface area contributed by atoms with Crippen molar-refractivity contribution in [2.75, 3.05) is 19.0 Å². The predicted octanol–water partition coefficient (Wildman–Crippen LogP) is 2.41. The molecule has 0 aromatic heterocycles. The number of hydrogen-bond acceptors (Lipinski definition) is 3. The van der Waals surface area contributed by atoms with Gasteiger partial charge in [0.15, 0.2) is 11.0 Å². The van der Waals surface area contributed by atoms with Crippen LogP contribution in [0.25, 0.3) is 6.58 Å². The molecule has 1 aliphatic rings. The summed E-state index contributed by atoms with van der Waals surface area (Å²) in [4.78, 5) is 6.64. The number of nitrogens with zero attached hydrogens (tertiary/aromatic N) is 2. The Morgan fingerprint density at radius 1 is 1.11 bits per heavy atom. The topological polar surface area (TPSA) is 24.8 Å². The van der Waals surface area contributed by atoms with Crippen molar-refractivity contribution >= 4 is 18.0 Å². The fourth-order valence-electron chi connectivity index (χ4n) is 2.06. The second-order valence-electron chi connectivity index (χ2n) is 4.94. The molecule has 0 spiro atoms. The van der Waals surface area contributed by atoms with Gasteiger partial charge >= 0.3 is 0 Å². The zero-order chi connectivity index (χ0) is 13.6. The summed E-state index contributed by atoms with van der Waals surface area (Å²) in [6, 6.07) is 9.77. The molecule has 0 saturated heterocycles. The van der Waals surface area contributed by atoms with Crippen LogP contribution < -0.4 is 20.2 Å². The molecule has 2 aromatic rings. The van der Waals surface area contributed by atoms with Gasteiger partial charge in [0.2, 0.25) is 5.75 Å². The average molecular weight is 251 g/mol. The third-order valence-electron chi connectivity index (χ3n) is 3.27. The molecule has 1 heterocycles. The highest BCUT2D eigenvalue weighted by Gasteiger charge is 2.16. The quantitative estimate of drug-likeness (QED) is 0.620. The lowest BCUT2D eigenvalue weighted by atomic mass is 10.1. The maximum atomic E-state index is 5.91. The predicted molar refractivity (Wildman–Crippen MR) is 76.9 cm³/mol. The van der Waals surface area contributed by atoms with E-state index in [4.69, 9.17) is 11.3 Å². The number of rotatable bonds is 1. The van der Waals surface area contributed by atoms with Crippen LogP contribution >= 0.6 is 0 Å². The van der Waals surface area contributed by atoms with Crippen molar-refractivity contribution in [2.45, 2.75) is 6.92 Å². The Bertz CT molecular complexity index is 763. The summed E-state index contributed by atoms with van der Waals surface area (Å²) in [5, 5.41) is 1.55. The van der Waals surface area contributed by atoms with Crippen LogP contribution in [0.2, 0.25) is 0 Å². The van der Waals surface area contributed by atoms with Crippen molar-refractivity contribution < 1.29 is 4.74 Å². The lowest BCUT2D eigenvalue weighted by Crippen LogP contribution is -2.16. The number of anilines is 1. The molecular weight excluding hydrogens is 236 g/mol. The molecule has 0 N–H and O–H groups in total. The first-order valence-corrected chi connectivity index (χ1v) is 6.15. The molecule has 3 nitrogen and oxygen atoms in total. The first-order chi connectivity index (χ1) is 9.04. The maximum absolute atomic E-state index is 5.91. The zero-order valence-electron chi connectivity index (χ0n) is 11.3. The van der Waals surface area contributed by atoms with E-state index in [0.29, 0.717) is 5.75 Å². The minimum Gasteiger partial charge on any atom is -0.439 e. The van der Waals surface area contributed by atoms with E-state index in [1.807, 2.05) is 56.3 Å². The number of aryl methyl sites for hydroxylation is 1. The van der Waals surface area contributed by atoms with Crippen LogP contribution in [-0.2, 0) is 0 Å². The van der Waals surface area contributed by atoms with Gasteiger partial charge in [0.25, 0.3) is 0 Å². The van der Waals surface area contributed by atoms with Gasteiger partial charge in [-0.25, -0.2) is 4.99 Å². The highest BCUT2D eigenvalue weighted by atomic mass is 16.5. The Labute approximate surface area is 112 Å². The molecule has 0 unspecified atom stereocenters. The molecule has 3 rings (SSSR count). The van der Waals surface area contributed by atoms with Gasteiger partial charge < -0.3 is 9.64 Å². The monoisotopic (exact) mass is 251 g/mol. The summed E-state index contributed by atoms with van der Waals surface area (Å²) in [5.41, 5.74) is 2.94. The van der Waals surface area contributed by atoms with Gasteiger partial charge in [-0.15, -0.1) is 0 Å². The lowest BCUT2D eigenvalue weighted by Gasteiger charge is -2.17. The van der Waals surface area contributed by atoms with Crippen molar-refractivity contribution in [1.29, 1.82) is 0 Å². The first-order valence-electron chi connectivity index (χ1n) is 6.15. The van der Waals surface area contributed by atoms with Gasteiger partial charge in [-0.05, 0) is 12.1 Å². The molecular formula is C16H15N2O+. The Morgan fingerprint density at radius 3 is 2.63 bits per heavy atom. The minimum atomic E-state index is 0.714. The third-order valence-corrected chi connectivity index (χ3v) is 3.27. The second kappa shape index (κ2) is 4.08. The van der Waals surface area contributed by atoms with Crippen LogP contribution in [-0.4, -0.2) is 14.1 Å². The standard InChI is InChI=1S/C16H15N2O/c1-10-7-14-15(8-11(10)2)19-16-9-12(18(3)4)5-6-13(16)17-14/h2,5-9H,1,3-4H3/q+1. The number of ether oxygens (including phenoxy) is 1. The lowest BCUT2D eigenvalue weighted by molar-refractivity contribution is 0.469. The van der Waals surface area contributed by atoms with E-state index in [1.54, 1.807) is 0 Å². The summed E-state index contributed by atoms with van der Waals surface area (Å²) >= 11 is 0. The van der Waals surface area contributed by atoms with Gasteiger partial charge in [-0.3, -0.25) is 0 Å². The van der Waals surface area contributed by atoms with E-state index < -0.39 is 0 Å². The van der Waals surface area contributed by atoms with E-state index >= 15 is 0 Å². The Hall–Kier alpha value is -2.38. The van der Waals surface area contributed by atoms with Gasteiger partial charge in [-0.1, -0.05) is 0 Å². The summed E-state index contributed by atoms with van der Waals surface area (Å²) in [5.74, 6) is 1.48. The van der Waals surface area contributed by atoms with Crippen molar-refractivity contribution in [3.8, 4) is 11.5 Å². The van der Waals surface area contributed by atoms with E-state index in [1.165, 1.54) is 0 Å². The summed E-state index contributed by atoms with van der Waals surface area (Å²) < 4.78 is 5.90. The van der Waals surface area contributed by atoms with Crippen molar-refractivity contribution in [3.63, 3.8) is 0 Å². The van der Waals surface area contributed by atoms with Crippen LogP contribution in [0.15, 0.2) is 35.3 Å². The van der Waals surface area contributed by atoms with E-state index in [9.17, 15) is 0 Å². The molecule has 0 atom stereocenters. The highest BCUT2D eigenvalue weighted by Crippen LogP contribution is 2.36. The van der Waals surface area contributed by atoms with E-state index in [-0.39, 0.29) is 0 Å². The molecule has 0 radical (unpaired) electrons. The first kappa shape index (κ1) is 11.7. The molecule has 3 heteroatoms. The van der Waals surface area contributed by atoms with Crippen LogP contribution in [0, 0.1) is 6.92 Å².